The summed E-state index contributed by atoms with van der Waals surface area (Å²) < 4.78 is 0. The van der Waals surface area contributed by atoms with Crippen molar-refractivity contribution >= 4 is 23.4 Å². The molecule has 1 aliphatic rings. The monoisotopic (exact) mass is 256 g/mol. The SMILES string of the molecule is O=C1C[C@H](c2ccncc2)Sc2ccccc2N1. The number of anilines is 1. The Balaban J connectivity index is 1.97. The van der Waals surface area contributed by atoms with E-state index in [1.165, 1.54) is 0 Å². The number of benzene rings is 1. The summed E-state index contributed by atoms with van der Waals surface area (Å²) in [7, 11) is 0. The molecule has 3 rings (SSSR count). The van der Waals surface area contributed by atoms with Crippen LogP contribution in [0, 0.1) is 0 Å². The van der Waals surface area contributed by atoms with Gasteiger partial charge in [0.1, 0.15) is 0 Å². The third-order valence-corrected chi connectivity index (χ3v) is 4.21. The average Bonchev–Trinajstić information content (AvgIpc) is 2.57. The summed E-state index contributed by atoms with van der Waals surface area (Å²) in [6, 6.07) is 11.9. The molecule has 1 aromatic carbocycles. The molecule has 2 heterocycles. The molecule has 1 amide bonds. The predicted molar refractivity (Wildman–Crippen MR) is 72.5 cm³/mol. The lowest BCUT2D eigenvalue weighted by Gasteiger charge is -2.12. The van der Waals surface area contributed by atoms with Crippen LogP contribution in [0.1, 0.15) is 17.2 Å². The molecule has 1 aromatic heterocycles. The number of nitrogens with one attached hydrogen (secondary N) is 1. The fourth-order valence-corrected chi connectivity index (χ4v) is 3.24. The van der Waals surface area contributed by atoms with E-state index in [0.29, 0.717) is 6.42 Å². The number of rotatable bonds is 1. The number of carbonyl (C=O) groups excluding carboxylic acids is 1. The zero-order chi connectivity index (χ0) is 12.4. The van der Waals surface area contributed by atoms with Crippen LogP contribution in [0.25, 0.3) is 0 Å². The fraction of sp³-hybridized carbons (Fsp3) is 0.143. The Kier molecular flexibility index (Phi) is 3.02. The van der Waals surface area contributed by atoms with Crippen molar-refractivity contribution < 1.29 is 4.79 Å². The van der Waals surface area contributed by atoms with E-state index in [0.717, 1.165) is 16.1 Å². The molecule has 0 spiro atoms. The van der Waals surface area contributed by atoms with Gasteiger partial charge in [0.2, 0.25) is 5.91 Å². The van der Waals surface area contributed by atoms with Gasteiger partial charge in [0.25, 0.3) is 0 Å². The first-order chi connectivity index (χ1) is 8.83. The molecule has 0 radical (unpaired) electrons. The van der Waals surface area contributed by atoms with Gasteiger partial charge in [-0.15, -0.1) is 11.8 Å². The van der Waals surface area contributed by atoms with E-state index in [1.54, 1.807) is 24.2 Å². The Hall–Kier alpha value is -1.81. The lowest BCUT2D eigenvalue weighted by atomic mass is 10.1. The smallest absolute Gasteiger partial charge is 0.225 e. The summed E-state index contributed by atoms with van der Waals surface area (Å²) in [5, 5.41) is 3.10. The van der Waals surface area contributed by atoms with Crippen molar-refractivity contribution in [3.05, 3.63) is 54.4 Å². The van der Waals surface area contributed by atoms with Gasteiger partial charge in [-0.05, 0) is 29.8 Å². The number of para-hydroxylation sites is 1. The van der Waals surface area contributed by atoms with Crippen LogP contribution in [0.4, 0.5) is 5.69 Å². The van der Waals surface area contributed by atoms with Gasteiger partial charge in [-0.2, -0.15) is 0 Å². The summed E-state index contributed by atoms with van der Waals surface area (Å²) in [6.45, 7) is 0. The van der Waals surface area contributed by atoms with Crippen molar-refractivity contribution in [2.45, 2.75) is 16.6 Å². The molecule has 0 bridgehead atoms. The van der Waals surface area contributed by atoms with Gasteiger partial charge in [0, 0.05) is 29.0 Å². The summed E-state index contributed by atoms with van der Waals surface area (Å²) in [4.78, 5) is 17.0. The number of amides is 1. The Morgan fingerprint density at radius 3 is 2.78 bits per heavy atom. The maximum Gasteiger partial charge on any atom is 0.225 e. The van der Waals surface area contributed by atoms with E-state index in [-0.39, 0.29) is 11.2 Å². The molecule has 1 N–H and O–H groups in total. The zero-order valence-corrected chi connectivity index (χ0v) is 10.5. The van der Waals surface area contributed by atoms with Crippen LogP contribution in [0.15, 0.2) is 53.7 Å². The number of nitrogens with zero attached hydrogens (tertiary/aromatic N) is 1. The van der Waals surface area contributed by atoms with Crippen LogP contribution >= 0.6 is 11.8 Å². The van der Waals surface area contributed by atoms with E-state index in [1.807, 2.05) is 36.4 Å². The third-order valence-electron chi connectivity index (χ3n) is 2.88. The number of thioether (sulfide) groups is 1. The van der Waals surface area contributed by atoms with Crippen LogP contribution in [0.2, 0.25) is 0 Å². The largest absolute Gasteiger partial charge is 0.325 e. The second kappa shape index (κ2) is 4.82. The maximum absolute atomic E-state index is 11.9. The highest BCUT2D eigenvalue weighted by Gasteiger charge is 2.22. The van der Waals surface area contributed by atoms with Crippen LogP contribution < -0.4 is 5.32 Å². The molecular formula is C14H12N2OS. The molecule has 0 aliphatic carbocycles. The minimum absolute atomic E-state index is 0.0641. The molecule has 4 heteroatoms. The summed E-state index contributed by atoms with van der Waals surface area (Å²) in [5.74, 6) is 0.0641. The standard InChI is InChI=1S/C14H12N2OS/c17-14-9-13(10-5-7-15-8-6-10)18-12-4-2-1-3-11(12)16-14/h1-8,13H,9H2,(H,16,17)/t13-/m1/s1. The van der Waals surface area contributed by atoms with Gasteiger partial charge in [0.15, 0.2) is 0 Å². The van der Waals surface area contributed by atoms with E-state index < -0.39 is 0 Å². The highest BCUT2D eigenvalue weighted by Crippen LogP contribution is 2.43. The first kappa shape index (κ1) is 11.3. The number of hydrogen-bond donors (Lipinski definition) is 1. The minimum Gasteiger partial charge on any atom is -0.325 e. The molecule has 1 atom stereocenters. The molecule has 18 heavy (non-hydrogen) atoms. The summed E-state index contributed by atoms with van der Waals surface area (Å²) in [6.07, 6.45) is 4.03. The number of carbonyl (C=O) groups is 1. The van der Waals surface area contributed by atoms with Crippen molar-refractivity contribution in [1.82, 2.24) is 4.98 Å². The predicted octanol–water partition coefficient (Wildman–Crippen LogP) is 3.26. The number of pyridine rings is 1. The van der Waals surface area contributed by atoms with Gasteiger partial charge < -0.3 is 5.32 Å². The molecule has 0 saturated heterocycles. The van der Waals surface area contributed by atoms with Gasteiger partial charge in [-0.1, -0.05) is 12.1 Å². The number of fused-ring (bicyclic) bond motifs is 1. The van der Waals surface area contributed by atoms with Crippen LogP contribution in [0.3, 0.4) is 0 Å². The van der Waals surface area contributed by atoms with Crippen molar-refractivity contribution in [3.63, 3.8) is 0 Å². The fourth-order valence-electron chi connectivity index (χ4n) is 2.00. The second-order valence-electron chi connectivity index (χ2n) is 4.14. The van der Waals surface area contributed by atoms with E-state index in [2.05, 4.69) is 10.3 Å². The first-order valence-electron chi connectivity index (χ1n) is 5.78. The first-order valence-corrected chi connectivity index (χ1v) is 6.66. The normalized spacial score (nSPS) is 18.7. The van der Waals surface area contributed by atoms with Crippen molar-refractivity contribution in [3.8, 4) is 0 Å². The molecule has 0 fully saturated rings. The molecular weight excluding hydrogens is 244 g/mol. The quantitative estimate of drug-likeness (QED) is 0.851. The topological polar surface area (TPSA) is 42.0 Å². The average molecular weight is 256 g/mol. The molecule has 90 valence electrons. The highest BCUT2D eigenvalue weighted by atomic mass is 32.2. The van der Waals surface area contributed by atoms with Crippen molar-refractivity contribution in [2.24, 2.45) is 0 Å². The molecule has 3 nitrogen and oxygen atoms in total. The molecule has 1 aliphatic heterocycles. The number of aromatic nitrogens is 1. The summed E-state index contributed by atoms with van der Waals surface area (Å²) >= 11 is 1.72. The van der Waals surface area contributed by atoms with E-state index in [4.69, 9.17) is 0 Å². The van der Waals surface area contributed by atoms with Crippen molar-refractivity contribution in [2.75, 3.05) is 5.32 Å². The van der Waals surface area contributed by atoms with E-state index in [9.17, 15) is 4.79 Å². The van der Waals surface area contributed by atoms with E-state index >= 15 is 0 Å². The number of hydrogen-bond acceptors (Lipinski definition) is 3. The molecule has 0 unspecified atom stereocenters. The van der Waals surface area contributed by atoms with Gasteiger partial charge in [-0.3, -0.25) is 9.78 Å². The van der Waals surface area contributed by atoms with Gasteiger partial charge in [0.05, 0.1) is 5.69 Å². The Morgan fingerprint density at radius 2 is 1.94 bits per heavy atom. The van der Waals surface area contributed by atoms with Crippen LogP contribution in [0.5, 0.6) is 0 Å². The van der Waals surface area contributed by atoms with Crippen LogP contribution in [-0.2, 0) is 4.79 Å². The maximum atomic E-state index is 11.9. The Bertz CT molecular complexity index is 571. The lowest BCUT2D eigenvalue weighted by molar-refractivity contribution is -0.116. The van der Waals surface area contributed by atoms with Crippen LogP contribution in [-0.4, -0.2) is 10.9 Å². The molecule has 2 aromatic rings. The van der Waals surface area contributed by atoms with Gasteiger partial charge >= 0.3 is 0 Å². The Labute approximate surface area is 110 Å². The van der Waals surface area contributed by atoms with Gasteiger partial charge in [-0.25, -0.2) is 0 Å². The Morgan fingerprint density at radius 1 is 1.17 bits per heavy atom. The highest BCUT2D eigenvalue weighted by molar-refractivity contribution is 7.99. The minimum atomic E-state index is 0.0641. The summed E-state index contributed by atoms with van der Waals surface area (Å²) in [5.41, 5.74) is 2.05. The lowest BCUT2D eigenvalue weighted by Crippen LogP contribution is -2.11. The van der Waals surface area contributed by atoms with Crippen molar-refractivity contribution in [1.29, 1.82) is 0 Å². The second-order valence-corrected chi connectivity index (χ2v) is 5.38. The third kappa shape index (κ3) is 2.24. The zero-order valence-electron chi connectivity index (χ0n) is 9.67. The molecule has 0 saturated carbocycles.